The maximum absolute atomic E-state index is 11.8. The molecular formula is C14H14N2O3S. The van der Waals surface area contributed by atoms with Crippen molar-refractivity contribution in [3.63, 3.8) is 0 Å². The lowest BCUT2D eigenvalue weighted by molar-refractivity contribution is -0.117. The molecule has 0 aromatic heterocycles. The second-order valence-electron chi connectivity index (χ2n) is 3.98. The number of hydrogen-bond acceptors (Lipinski definition) is 4. The van der Waals surface area contributed by atoms with Crippen LogP contribution in [-0.4, -0.2) is 23.6 Å². The Kier molecular flexibility index (Phi) is 4.57. The molecule has 1 aliphatic heterocycles. The molecule has 6 heteroatoms. The second kappa shape index (κ2) is 6.38. The van der Waals surface area contributed by atoms with Gasteiger partial charge >= 0.3 is 0 Å². The number of nitrogens with zero attached hydrogens (tertiary/aromatic N) is 1. The van der Waals surface area contributed by atoms with Crippen molar-refractivity contribution in [1.29, 1.82) is 0 Å². The van der Waals surface area contributed by atoms with Crippen LogP contribution < -0.4 is 10.1 Å². The third-order valence-electron chi connectivity index (χ3n) is 2.41. The first-order valence-corrected chi connectivity index (χ1v) is 6.93. The predicted octanol–water partition coefficient (Wildman–Crippen LogP) is 2.19. The summed E-state index contributed by atoms with van der Waals surface area (Å²) in [4.78, 5) is 27.0. The number of thioether (sulfide) groups is 1. The van der Waals surface area contributed by atoms with Gasteiger partial charge in [0.05, 0.1) is 11.5 Å². The molecular weight excluding hydrogens is 276 g/mol. The van der Waals surface area contributed by atoms with E-state index in [0.29, 0.717) is 22.4 Å². The maximum Gasteiger partial charge on any atom is 0.286 e. The Bertz CT molecular complexity index is 608. The summed E-state index contributed by atoms with van der Waals surface area (Å²) < 4.78 is 5.50. The number of aliphatic imine (C=N–C) groups is 1. The van der Waals surface area contributed by atoms with E-state index in [2.05, 4.69) is 10.3 Å². The monoisotopic (exact) mass is 290 g/mol. The summed E-state index contributed by atoms with van der Waals surface area (Å²) in [6.07, 6.45) is 1.72. The summed E-state index contributed by atoms with van der Waals surface area (Å²) in [5, 5.41) is 2.82. The lowest BCUT2D eigenvalue weighted by Gasteiger charge is -2.06. The number of amidine groups is 1. The van der Waals surface area contributed by atoms with E-state index < -0.39 is 0 Å². The van der Waals surface area contributed by atoms with Crippen LogP contribution >= 0.6 is 11.8 Å². The zero-order valence-corrected chi connectivity index (χ0v) is 12.0. The smallest absolute Gasteiger partial charge is 0.286 e. The van der Waals surface area contributed by atoms with Gasteiger partial charge in [0.15, 0.2) is 5.17 Å². The fourth-order valence-electron chi connectivity index (χ4n) is 1.64. The molecule has 20 heavy (non-hydrogen) atoms. The van der Waals surface area contributed by atoms with Crippen LogP contribution in [0.3, 0.4) is 0 Å². The van der Waals surface area contributed by atoms with Crippen LogP contribution in [0.25, 0.3) is 6.08 Å². The zero-order chi connectivity index (χ0) is 14.5. The molecule has 1 aromatic carbocycles. The van der Waals surface area contributed by atoms with Crippen molar-refractivity contribution in [3.05, 3.63) is 34.7 Å². The van der Waals surface area contributed by atoms with Crippen molar-refractivity contribution in [2.45, 2.75) is 13.8 Å². The molecule has 1 aromatic rings. The van der Waals surface area contributed by atoms with E-state index in [1.807, 2.05) is 31.2 Å². The van der Waals surface area contributed by atoms with Crippen molar-refractivity contribution in [1.82, 2.24) is 5.32 Å². The molecule has 0 aliphatic carbocycles. The number of hydrogen-bond donors (Lipinski definition) is 1. The standard InChI is InChI=1S/C14H14N2O3S/c1-3-19-11-7-5-4-6-10(11)8-12-13(18)16-14(20-12)15-9(2)17/h4-8H,3H2,1-2H3,(H,15,16,17,18). The van der Waals surface area contributed by atoms with Crippen LogP contribution in [-0.2, 0) is 9.59 Å². The van der Waals surface area contributed by atoms with Crippen molar-refractivity contribution in [3.8, 4) is 5.75 Å². The van der Waals surface area contributed by atoms with Gasteiger partial charge in [0.1, 0.15) is 5.75 Å². The summed E-state index contributed by atoms with van der Waals surface area (Å²) >= 11 is 1.14. The molecule has 0 saturated carbocycles. The number of benzene rings is 1. The molecule has 1 aliphatic rings. The van der Waals surface area contributed by atoms with E-state index in [4.69, 9.17) is 4.74 Å². The number of nitrogens with one attached hydrogen (secondary N) is 1. The quantitative estimate of drug-likeness (QED) is 0.866. The van der Waals surface area contributed by atoms with Crippen molar-refractivity contribution in [2.24, 2.45) is 4.99 Å². The Balaban J connectivity index is 2.21. The Morgan fingerprint density at radius 1 is 1.45 bits per heavy atom. The average molecular weight is 290 g/mol. The van der Waals surface area contributed by atoms with Gasteiger partial charge in [-0.2, -0.15) is 4.99 Å². The number of para-hydroxylation sites is 1. The Morgan fingerprint density at radius 2 is 2.20 bits per heavy atom. The van der Waals surface area contributed by atoms with Gasteiger partial charge in [0.25, 0.3) is 5.91 Å². The molecule has 0 radical (unpaired) electrons. The Morgan fingerprint density at radius 3 is 2.90 bits per heavy atom. The number of carbonyl (C=O) groups excluding carboxylic acids is 2. The minimum absolute atomic E-state index is 0.250. The van der Waals surface area contributed by atoms with Gasteiger partial charge < -0.3 is 10.1 Å². The second-order valence-corrected chi connectivity index (χ2v) is 5.02. The van der Waals surface area contributed by atoms with Crippen molar-refractivity contribution >= 4 is 34.8 Å². The first-order chi connectivity index (χ1) is 9.60. The summed E-state index contributed by atoms with van der Waals surface area (Å²) in [7, 11) is 0. The lowest BCUT2D eigenvalue weighted by Crippen LogP contribution is -2.23. The van der Waals surface area contributed by atoms with E-state index >= 15 is 0 Å². The highest BCUT2D eigenvalue weighted by Crippen LogP contribution is 2.30. The van der Waals surface area contributed by atoms with Gasteiger partial charge in [0, 0.05) is 12.5 Å². The molecule has 104 valence electrons. The van der Waals surface area contributed by atoms with E-state index in [1.54, 1.807) is 6.08 Å². The van der Waals surface area contributed by atoms with Crippen LogP contribution in [0.1, 0.15) is 19.4 Å². The molecule has 5 nitrogen and oxygen atoms in total. The Hall–Kier alpha value is -2.08. The number of carbonyl (C=O) groups is 2. The van der Waals surface area contributed by atoms with E-state index in [0.717, 1.165) is 17.3 Å². The van der Waals surface area contributed by atoms with Gasteiger partial charge in [-0.15, -0.1) is 0 Å². The topological polar surface area (TPSA) is 67.8 Å². The fourth-order valence-corrected chi connectivity index (χ4v) is 2.49. The highest BCUT2D eigenvalue weighted by molar-refractivity contribution is 8.18. The SMILES string of the molecule is CCOc1ccccc1C=C1SC(NC(C)=O)=NC1=O. The molecule has 0 unspecified atom stereocenters. The van der Waals surface area contributed by atoms with Crippen LogP contribution in [0.5, 0.6) is 5.75 Å². The third kappa shape index (κ3) is 3.48. The molecule has 1 heterocycles. The van der Waals surface area contributed by atoms with E-state index in [9.17, 15) is 9.59 Å². The summed E-state index contributed by atoms with van der Waals surface area (Å²) in [6, 6.07) is 7.45. The Labute approximate surface area is 121 Å². The van der Waals surface area contributed by atoms with Gasteiger partial charge in [-0.1, -0.05) is 18.2 Å². The summed E-state index contributed by atoms with van der Waals surface area (Å²) in [5.74, 6) is 0.106. The minimum atomic E-state index is -0.356. The lowest BCUT2D eigenvalue weighted by atomic mass is 10.2. The van der Waals surface area contributed by atoms with Crippen LogP contribution in [0.2, 0.25) is 0 Å². The summed E-state index contributed by atoms with van der Waals surface area (Å²) in [6.45, 7) is 3.83. The molecule has 1 N–H and O–H groups in total. The normalized spacial score (nSPS) is 16.2. The van der Waals surface area contributed by atoms with E-state index in [1.165, 1.54) is 6.92 Å². The van der Waals surface area contributed by atoms with Gasteiger partial charge in [0.2, 0.25) is 5.91 Å². The fraction of sp³-hybridized carbons (Fsp3) is 0.214. The van der Waals surface area contributed by atoms with Crippen molar-refractivity contribution < 1.29 is 14.3 Å². The van der Waals surface area contributed by atoms with Crippen molar-refractivity contribution in [2.75, 3.05) is 6.61 Å². The van der Waals surface area contributed by atoms with Crippen LogP contribution in [0.15, 0.2) is 34.2 Å². The largest absolute Gasteiger partial charge is 0.493 e. The van der Waals surface area contributed by atoms with Gasteiger partial charge in [-0.25, -0.2) is 0 Å². The zero-order valence-electron chi connectivity index (χ0n) is 11.2. The molecule has 0 bridgehead atoms. The van der Waals surface area contributed by atoms with Crippen LogP contribution in [0, 0.1) is 0 Å². The molecule has 0 fully saturated rings. The number of rotatable bonds is 3. The highest BCUT2D eigenvalue weighted by atomic mass is 32.2. The molecule has 2 rings (SSSR count). The number of ether oxygens (including phenoxy) is 1. The van der Waals surface area contributed by atoms with Gasteiger partial charge in [-0.3, -0.25) is 9.59 Å². The van der Waals surface area contributed by atoms with Gasteiger partial charge in [-0.05, 0) is 30.8 Å². The summed E-state index contributed by atoms with van der Waals surface area (Å²) in [5.41, 5.74) is 0.810. The number of amides is 2. The molecule has 0 saturated heterocycles. The third-order valence-corrected chi connectivity index (χ3v) is 3.31. The first-order valence-electron chi connectivity index (χ1n) is 6.12. The minimum Gasteiger partial charge on any atom is -0.493 e. The molecule has 0 atom stereocenters. The van der Waals surface area contributed by atoms with E-state index in [-0.39, 0.29) is 11.8 Å². The maximum atomic E-state index is 11.8. The van der Waals surface area contributed by atoms with Crippen LogP contribution in [0.4, 0.5) is 0 Å². The molecule has 0 spiro atoms. The highest BCUT2D eigenvalue weighted by Gasteiger charge is 2.22. The first kappa shape index (κ1) is 14.3. The average Bonchev–Trinajstić information content (AvgIpc) is 2.71. The molecule has 2 amide bonds. The predicted molar refractivity (Wildman–Crippen MR) is 79.4 cm³/mol.